The molecule has 0 aliphatic heterocycles. The second-order valence-corrected chi connectivity index (χ2v) is 8.95. The van der Waals surface area contributed by atoms with Crippen molar-refractivity contribution in [1.29, 1.82) is 0 Å². The van der Waals surface area contributed by atoms with Gasteiger partial charge in [-0.15, -0.1) is 10.2 Å². The van der Waals surface area contributed by atoms with Crippen LogP contribution in [0.4, 0.5) is 0 Å². The third kappa shape index (κ3) is 7.61. The van der Waals surface area contributed by atoms with E-state index >= 15 is 0 Å². The Bertz CT molecular complexity index is 774. The number of nitrogens with two attached hydrogens (primary N) is 1. The molecule has 0 radical (unpaired) electrons. The Kier molecular flexibility index (Phi) is 8.82. The summed E-state index contributed by atoms with van der Waals surface area (Å²) in [7, 11) is 0. The number of amides is 1. The minimum absolute atomic E-state index is 0.0303. The normalized spacial score (nSPS) is 12.4. The van der Waals surface area contributed by atoms with Crippen molar-refractivity contribution in [3.63, 3.8) is 0 Å². The predicted octanol–water partition coefficient (Wildman–Crippen LogP) is 3.73. The predicted molar refractivity (Wildman–Crippen MR) is 117 cm³/mol. The maximum absolute atomic E-state index is 12.1. The molecule has 1 aromatic heterocycles. The topological polar surface area (TPSA) is 95.1 Å². The van der Waals surface area contributed by atoms with E-state index in [1.54, 1.807) is 0 Å². The Balaban J connectivity index is 1.80. The summed E-state index contributed by atoms with van der Waals surface area (Å²) in [5.74, 6) is 8.65. The second kappa shape index (κ2) is 11.1. The average Bonchev–Trinajstić information content (AvgIpc) is 3.03. The fraction of sp³-hybridized carbons (Fsp3) is 0.571. The SMILES string of the molecule is CC(C)CCC(C)NC(=O)CSc1nnc(COc2ccc(C(C)C)cc2)n1N. The number of thioether (sulfide) groups is 1. The van der Waals surface area contributed by atoms with Crippen molar-refractivity contribution in [2.75, 3.05) is 11.6 Å². The van der Waals surface area contributed by atoms with Crippen molar-refractivity contribution >= 4 is 17.7 Å². The lowest BCUT2D eigenvalue weighted by atomic mass is 10.0. The minimum atomic E-state index is -0.0303. The first-order chi connectivity index (χ1) is 13.8. The van der Waals surface area contributed by atoms with Gasteiger partial charge in [0.15, 0.2) is 5.82 Å². The van der Waals surface area contributed by atoms with Gasteiger partial charge in [0.05, 0.1) is 5.75 Å². The van der Waals surface area contributed by atoms with Crippen molar-refractivity contribution in [2.24, 2.45) is 5.92 Å². The molecule has 0 bridgehead atoms. The van der Waals surface area contributed by atoms with E-state index < -0.39 is 0 Å². The van der Waals surface area contributed by atoms with Gasteiger partial charge in [-0.3, -0.25) is 4.79 Å². The number of nitrogens with zero attached hydrogens (tertiary/aromatic N) is 3. The van der Waals surface area contributed by atoms with Gasteiger partial charge in [0.1, 0.15) is 12.4 Å². The molecule has 7 nitrogen and oxygen atoms in total. The molecule has 0 aliphatic carbocycles. The van der Waals surface area contributed by atoms with Crippen LogP contribution in [-0.4, -0.2) is 32.6 Å². The van der Waals surface area contributed by atoms with Crippen LogP contribution in [0.2, 0.25) is 0 Å². The standard InChI is InChI=1S/C21H33N5O2S/c1-14(2)6-7-16(5)23-20(27)13-29-21-25-24-19(26(21)22)12-28-18-10-8-17(9-11-18)15(3)4/h8-11,14-16H,6-7,12-13,22H2,1-5H3,(H,23,27). The number of hydrogen-bond donors (Lipinski definition) is 2. The van der Waals surface area contributed by atoms with Crippen LogP contribution in [0.5, 0.6) is 5.75 Å². The molecule has 29 heavy (non-hydrogen) atoms. The van der Waals surface area contributed by atoms with Crippen molar-refractivity contribution in [1.82, 2.24) is 20.2 Å². The van der Waals surface area contributed by atoms with Gasteiger partial charge in [0, 0.05) is 6.04 Å². The number of carbonyl (C=O) groups is 1. The summed E-state index contributed by atoms with van der Waals surface area (Å²) in [6.45, 7) is 10.9. The lowest BCUT2D eigenvalue weighted by Gasteiger charge is -2.14. The van der Waals surface area contributed by atoms with E-state index in [0.717, 1.165) is 18.6 Å². The summed E-state index contributed by atoms with van der Waals surface area (Å²) in [5.41, 5.74) is 1.26. The first kappa shape index (κ1) is 23.1. The van der Waals surface area contributed by atoms with Gasteiger partial charge >= 0.3 is 0 Å². The highest BCUT2D eigenvalue weighted by Gasteiger charge is 2.14. The lowest BCUT2D eigenvalue weighted by molar-refractivity contribution is -0.119. The van der Waals surface area contributed by atoms with Crippen LogP contribution in [0.1, 0.15) is 64.8 Å². The van der Waals surface area contributed by atoms with E-state index in [-0.39, 0.29) is 24.3 Å². The zero-order valence-electron chi connectivity index (χ0n) is 18.0. The van der Waals surface area contributed by atoms with E-state index in [9.17, 15) is 4.79 Å². The maximum Gasteiger partial charge on any atom is 0.230 e. The van der Waals surface area contributed by atoms with Crippen LogP contribution in [0.15, 0.2) is 29.4 Å². The monoisotopic (exact) mass is 419 g/mol. The van der Waals surface area contributed by atoms with Crippen LogP contribution >= 0.6 is 11.8 Å². The Morgan fingerprint density at radius 3 is 2.45 bits per heavy atom. The van der Waals surface area contributed by atoms with Gasteiger partial charge in [0.25, 0.3) is 0 Å². The molecular weight excluding hydrogens is 386 g/mol. The van der Waals surface area contributed by atoms with Crippen molar-refractivity contribution in [2.45, 2.75) is 71.2 Å². The quantitative estimate of drug-likeness (QED) is 0.426. The molecule has 3 N–H and O–H groups in total. The highest BCUT2D eigenvalue weighted by Crippen LogP contribution is 2.20. The van der Waals surface area contributed by atoms with E-state index in [4.69, 9.17) is 10.6 Å². The molecule has 2 rings (SSSR count). The summed E-state index contributed by atoms with van der Waals surface area (Å²) >= 11 is 1.27. The van der Waals surface area contributed by atoms with Gasteiger partial charge in [-0.25, -0.2) is 4.68 Å². The molecule has 1 unspecified atom stereocenters. The van der Waals surface area contributed by atoms with Crippen molar-refractivity contribution < 1.29 is 9.53 Å². The molecule has 0 fully saturated rings. The zero-order valence-corrected chi connectivity index (χ0v) is 18.8. The van der Waals surface area contributed by atoms with Crippen LogP contribution in [0.25, 0.3) is 0 Å². The summed E-state index contributed by atoms with van der Waals surface area (Å²) in [5, 5.41) is 11.6. The Hall–Kier alpha value is -2.22. The fourth-order valence-electron chi connectivity index (χ4n) is 2.70. The highest BCUT2D eigenvalue weighted by atomic mass is 32.2. The number of hydrogen-bond acceptors (Lipinski definition) is 6. The molecule has 1 atom stereocenters. The molecule has 1 amide bonds. The average molecular weight is 420 g/mol. The molecule has 0 saturated carbocycles. The Labute approximate surface area is 177 Å². The summed E-state index contributed by atoms with van der Waals surface area (Å²) in [4.78, 5) is 12.1. The number of aromatic nitrogens is 3. The van der Waals surface area contributed by atoms with Gasteiger partial charge in [-0.05, 0) is 49.3 Å². The van der Waals surface area contributed by atoms with Crippen LogP contribution in [0.3, 0.4) is 0 Å². The summed E-state index contributed by atoms with van der Waals surface area (Å²) in [6.07, 6.45) is 2.07. The largest absolute Gasteiger partial charge is 0.486 e. The third-order valence-corrected chi connectivity index (χ3v) is 5.51. The summed E-state index contributed by atoms with van der Waals surface area (Å²) < 4.78 is 7.13. The van der Waals surface area contributed by atoms with Gasteiger partial charge in [-0.2, -0.15) is 0 Å². The minimum Gasteiger partial charge on any atom is -0.486 e. The molecule has 1 aromatic carbocycles. The van der Waals surface area contributed by atoms with Gasteiger partial charge in [-0.1, -0.05) is 51.6 Å². The smallest absolute Gasteiger partial charge is 0.230 e. The van der Waals surface area contributed by atoms with Crippen molar-refractivity contribution in [3.05, 3.63) is 35.7 Å². The van der Waals surface area contributed by atoms with E-state index in [1.165, 1.54) is 22.0 Å². The van der Waals surface area contributed by atoms with Crippen LogP contribution in [0, 0.1) is 5.92 Å². The third-order valence-electron chi connectivity index (χ3n) is 4.57. The molecule has 0 saturated heterocycles. The number of ether oxygens (including phenoxy) is 1. The first-order valence-corrected chi connectivity index (χ1v) is 11.1. The number of rotatable bonds is 11. The molecule has 1 heterocycles. The molecule has 0 aliphatic rings. The van der Waals surface area contributed by atoms with E-state index in [2.05, 4.69) is 55.3 Å². The van der Waals surface area contributed by atoms with Gasteiger partial charge in [0.2, 0.25) is 11.1 Å². The molecular formula is C21H33N5O2S. The number of nitrogen functional groups attached to an aromatic ring is 1. The fourth-order valence-corrected chi connectivity index (χ4v) is 3.39. The van der Waals surface area contributed by atoms with Crippen LogP contribution < -0.4 is 15.9 Å². The lowest BCUT2D eigenvalue weighted by Crippen LogP contribution is -2.34. The number of carbonyl (C=O) groups excluding carboxylic acids is 1. The molecule has 160 valence electrons. The second-order valence-electron chi connectivity index (χ2n) is 8.01. The summed E-state index contributed by atoms with van der Waals surface area (Å²) in [6, 6.07) is 8.14. The Morgan fingerprint density at radius 2 is 1.83 bits per heavy atom. The zero-order chi connectivity index (χ0) is 21.4. The Morgan fingerprint density at radius 1 is 1.14 bits per heavy atom. The molecule has 2 aromatic rings. The highest BCUT2D eigenvalue weighted by molar-refractivity contribution is 7.99. The van der Waals surface area contributed by atoms with Crippen molar-refractivity contribution in [3.8, 4) is 5.75 Å². The van der Waals surface area contributed by atoms with Crippen LogP contribution in [-0.2, 0) is 11.4 Å². The van der Waals surface area contributed by atoms with E-state index in [1.807, 2.05) is 19.1 Å². The molecule has 0 spiro atoms. The maximum atomic E-state index is 12.1. The first-order valence-electron chi connectivity index (χ1n) is 10.1. The molecule has 8 heteroatoms. The number of nitrogens with one attached hydrogen (secondary N) is 1. The van der Waals surface area contributed by atoms with Gasteiger partial charge < -0.3 is 15.9 Å². The van der Waals surface area contributed by atoms with E-state index in [0.29, 0.717) is 22.8 Å². The number of benzene rings is 1.